The number of benzene rings is 2. The number of aryl methyl sites for hydroxylation is 1. The summed E-state index contributed by atoms with van der Waals surface area (Å²) in [5, 5.41) is 0. The standard InChI is InChI=1S/C21H20O2/c1-23-21(22)15-12-16-10-13-18(14-11-16)20-9-5-3-7-17-6-2-4-8-19(17)20/h2,4,6,8-15H,3,5,7H2,1H3/b15-12+. The lowest BCUT2D eigenvalue weighted by Gasteiger charge is -2.11. The summed E-state index contributed by atoms with van der Waals surface area (Å²) in [5.41, 5.74) is 6.27. The Hall–Kier alpha value is -2.61. The first-order valence-electron chi connectivity index (χ1n) is 7.93. The summed E-state index contributed by atoms with van der Waals surface area (Å²) in [6.07, 6.45) is 8.98. The van der Waals surface area contributed by atoms with E-state index in [0.29, 0.717) is 0 Å². The number of rotatable bonds is 3. The Morgan fingerprint density at radius 2 is 1.87 bits per heavy atom. The van der Waals surface area contributed by atoms with Crippen LogP contribution in [0.3, 0.4) is 0 Å². The molecule has 0 radical (unpaired) electrons. The Bertz CT molecular complexity index is 752. The van der Waals surface area contributed by atoms with Crippen molar-refractivity contribution in [1.29, 1.82) is 0 Å². The van der Waals surface area contributed by atoms with Gasteiger partial charge in [0.2, 0.25) is 0 Å². The number of fused-ring (bicyclic) bond motifs is 1. The first-order chi connectivity index (χ1) is 11.3. The van der Waals surface area contributed by atoms with Crippen LogP contribution in [0.2, 0.25) is 0 Å². The monoisotopic (exact) mass is 304 g/mol. The van der Waals surface area contributed by atoms with Gasteiger partial charge in [0, 0.05) is 6.08 Å². The highest BCUT2D eigenvalue weighted by Gasteiger charge is 2.12. The number of hydrogen-bond donors (Lipinski definition) is 0. The number of ether oxygens (including phenoxy) is 1. The molecule has 3 rings (SSSR count). The van der Waals surface area contributed by atoms with Gasteiger partial charge in [-0.3, -0.25) is 0 Å². The van der Waals surface area contributed by atoms with Gasteiger partial charge in [-0.2, -0.15) is 0 Å². The number of allylic oxidation sites excluding steroid dienone is 1. The molecule has 1 aliphatic rings. The zero-order valence-electron chi connectivity index (χ0n) is 13.3. The first-order valence-corrected chi connectivity index (χ1v) is 7.93. The van der Waals surface area contributed by atoms with Gasteiger partial charge in [-0.25, -0.2) is 4.79 Å². The van der Waals surface area contributed by atoms with Crippen molar-refractivity contribution in [3.63, 3.8) is 0 Å². The molecule has 2 aromatic rings. The van der Waals surface area contributed by atoms with Crippen molar-refractivity contribution in [2.24, 2.45) is 0 Å². The molecule has 0 unspecified atom stereocenters. The average Bonchev–Trinajstić information content (AvgIpc) is 2.82. The summed E-state index contributed by atoms with van der Waals surface area (Å²) in [6, 6.07) is 16.9. The molecule has 0 saturated heterocycles. The van der Waals surface area contributed by atoms with Gasteiger partial charge in [-0.1, -0.05) is 54.6 Å². The summed E-state index contributed by atoms with van der Waals surface area (Å²) in [6.45, 7) is 0. The van der Waals surface area contributed by atoms with E-state index in [0.717, 1.165) is 18.4 Å². The van der Waals surface area contributed by atoms with Gasteiger partial charge in [0.1, 0.15) is 0 Å². The average molecular weight is 304 g/mol. The number of hydrogen-bond acceptors (Lipinski definition) is 2. The van der Waals surface area contributed by atoms with Crippen LogP contribution in [0, 0.1) is 0 Å². The van der Waals surface area contributed by atoms with Crippen LogP contribution in [0.15, 0.2) is 60.7 Å². The Morgan fingerprint density at radius 1 is 1.09 bits per heavy atom. The lowest BCUT2D eigenvalue weighted by Crippen LogP contribution is -1.94. The van der Waals surface area contributed by atoms with Crippen LogP contribution in [0.4, 0.5) is 0 Å². The number of carbonyl (C=O) groups is 1. The molecular formula is C21H20O2. The second-order valence-corrected chi connectivity index (χ2v) is 5.65. The molecule has 0 fully saturated rings. The molecule has 0 amide bonds. The van der Waals surface area contributed by atoms with Gasteiger partial charge >= 0.3 is 5.97 Å². The van der Waals surface area contributed by atoms with E-state index in [1.165, 1.54) is 41.9 Å². The van der Waals surface area contributed by atoms with Crippen molar-refractivity contribution in [2.45, 2.75) is 19.3 Å². The normalized spacial score (nSPS) is 14.0. The van der Waals surface area contributed by atoms with E-state index < -0.39 is 0 Å². The smallest absolute Gasteiger partial charge is 0.330 e. The topological polar surface area (TPSA) is 26.3 Å². The van der Waals surface area contributed by atoms with Crippen molar-refractivity contribution in [3.8, 4) is 0 Å². The van der Waals surface area contributed by atoms with E-state index in [-0.39, 0.29) is 5.97 Å². The van der Waals surface area contributed by atoms with Crippen molar-refractivity contribution < 1.29 is 9.53 Å². The lowest BCUT2D eigenvalue weighted by molar-refractivity contribution is -0.134. The fourth-order valence-electron chi connectivity index (χ4n) is 2.93. The lowest BCUT2D eigenvalue weighted by atomic mass is 9.93. The summed E-state index contributed by atoms with van der Waals surface area (Å²) < 4.78 is 4.61. The fourth-order valence-corrected chi connectivity index (χ4v) is 2.93. The maximum atomic E-state index is 11.2. The maximum Gasteiger partial charge on any atom is 0.330 e. The van der Waals surface area contributed by atoms with Crippen LogP contribution in [-0.2, 0) is 16.0 Å². The van der Waals surface area contributed by atoms with E-state index in [1.807, 2.05) is 12.1 Å². The second kappa shape index (κ2) is 7.10. The molecule has 1 aliphatic carbocycles. The summed E-state index contributed by atoms with van der Waals surface area (Å²) in [4.78, 5) is 11.2. The van der Waals surface area contributed by atoms with Gasteiger partial charge < -0.3 is 4.74 Å². The molecule has 0 spiro atoms. The van der Waals surface area contributed by atoms with Crippen molar-refractivity contribution >= 4 is 17.6 Å². The van der Waals surface area contributed by atoms with Crippen molar-refractivity contribution in [2.75, 3.05) is 7.11 Å². The van der Waals surface area contributed by atoms with Gasteiger partial charge in [0.15, 0.2) is 0 Å². The Balaban J connectivity index is 1.89. The van der Waals surface area contributed by atoms with E-state index in [9.17, 15) is 4.79 Å². The first kappa shape index (κ1) is 15.3. The summed E-state index contributed by atoms with van der Waals surface area (Å²) in [5.74, 6) is -0.338. The quantitative estimate of drug-likeness (QED) is 0.610. The number of carbonyl (C=O) groups excluding carboxylic acids is 1. The molecule has 0 aromatic heterocycles. The fraction of sp³-hybridized carbons (Fsp3) is 0.190. The van der Waals surface area contributed by atoms with Gasteiger partial charge in [0.25, 0.3) is 0 Å². The van der Waals surface area contributed by atoms with Crippen LogP contribution in [0.1, 0.15) is 35.1 Å². The molecule has 2 aromatic carbocycles. The molecule has 0 heterocycles. The van der Waals surface area contributed by atoms with Crippen LogP contribution >= 0.6 is 0 Å². The third-order valence-electron chi connectivity index (χ3n) is 4.14. The minimum absolute atomic E-state index is 0.338. The number of methoxy groups -OCH3 is 1. The molecule has 0 atom stereocenters. The molecule has 0 bridgehead atoms. The minimum atomic E-state index is -0.338. The SMILES string of the molecule is COC(=O)/C=C/c1ccc(C2=CCCCc3ccccc32)cc1. The highest BCUT2D eigenvalue weighted by Crippen LogP contribution is 2.31. The highest BCUT2D eigenvalue weighted by atomic mass is 16.5. The predicted octanol–water partition coefficient (Wildman–Crippen LogP) is 4.64. The zero-order valence-corrected chi connectivity index (χ0v) is 13.3. The van der Waals surface area contributed by atoms with Crippen LogP contribution < -0.4 is 0 Å². The largest absolute Gasteiger partial charge is 0.466 e. The van der Waals surface area contributed by atoms with Gasteiger partial charge in [0.05, 0.1) is 7.11 Å². The third-order valence-corrected chi connectivity index (χ3v) is 4.14. The molecular weight excluding hydrogens is 284 g/mol. The number of esters is 1. The second-order valence-electron chi connectivity index (χ2n) is 5.65. The zero-order chi connectivity index (χ0) is 16.1. The van der Waals surface area contributed by atoms with Crippen molar-refractivity contribution in [1.82, 2.24) is 0 Å². The molecule has 2 heteroatoms. The Labute approximate surface area is 137 Å². The van der Waals surface area contributed by atoms with Crippen LogP contribution in [0.25, 0.3) is 11.6 Å². The van der Waals surface area contributed by atoms with E-state index in [4.69, 9.17) is 0 Å². The minimum Gasteiger partial charge on any atom is -0.466 e. The van der Waals surface area contributed by atoms with Crippen LogP contribution in [0.5, 0.6) is 0 Å². The predicted molar refractivity (Wildman–Crippen MR) is 94.0 cm³/mol. The van der Waals surface area contributed by atoms with Gasteiger partial charge in [-0.05, 0) is 53.2 Å². The third kappa shape index (κ3) is 3.59. The molecule has 23 heavy (non-hydrogen) atoms. The highest BCUT2D eigenvalue weighted by molar-refractivity contribution is 5.87. The molecule has 2 nitrogen and oxygen atoms in total. The van der Waals surface area contributed by atoms with Crippen LogP contribution in [-0.4, -0.2) is 13.1 Å². The molecule has 0 saturated carbocycles. The van der Waals surface area contributed by atoms with Crippen molar-refractivity contribution in [3.05, 3.63) is 82.9 Å². The van der Waals surface area contributed by atoms with E-state index in [2.05, 4.69) is 47.2 Å². The summed E-state index contributed by atoms with van der Waals surface area (Å²) >= 11 is 0. The molecule has 0 N–H and O–H groups in total. The van der Waals surface area contributed by atoms with E-state index >= 15 is 0 Å². The van der Waals surface area contributed by atoms with Gasteiger partial charge in [-0.15, -0.1) is 0 Å². The molecule has 116 valence electrons. The van der Waals surface area contributed by atoms with E-state index in [1.54, 1.807) is 6.08 Å². The maximum absolute atomic E-state index is 11.2. The molecule has 0 aliphatic heterocycles. The summed E-state index contributed by atoms with van der Waals surface area (Å²) in [7, 11) is 1.38. The Morgan fingerprint density at radius 3 is 2.65 bits per heavy atom. The Kier molecular flexibility index (Phi) is 4.72.